The SMILES string of the molecule is [B]c1ccc(-n2c3ccccc3c3c4c5ccccc5n(-c5ccc(C)cc5)c4ccc32)cc1. The topological polar surface area (TPSA) is 9.86 Å². The van der Waals surface area contributed by atoms with Crippen LogP contribution >= 0.6 is 0 Å². The molecule has 2 aromatic heterocycles. The van der Waals surface area contributed by atoms with E-state index in [9.17, 15) is 0 Å². The Morgan fingerprint density at radius 2 is 0.912 bits per heavy atom. The molecule has 0 saturated carbocycles. The molecule has 5 aromatic carbocycles. The molecule has 2 radical (unpaired) electrons. The summed E-state index contributed by atoms with van der Waals surface area (Å²) >= 11 is 0. The van der Waals surface area contributed by atoms with E-state index in [2.05, 4.69) is 113 Å². The zero-order valence-corrected chi connectivity index (χ0v) is 18.9. The van der Waals surface area contributed by atoms with Crippen LogP contribution in [0.2, 0.25) is 0 Å². The van der Waals surface area contributed by atoms with Crippen LogP contribution in [-0.2, 0) is 0 Å². The first-order chi connectivity index (χ1) is 16.7. The maximum absolute atomic E-state index is 6.00. The minimum absolute atomic E-state index is 0.771. The van der Waals surface area contributed by atoms with Crippen LogP contribution in [0.5, 0.6) is 0 Å². The van der Waals surface area contributed by atoms with E-state index in [-0.39, 0.29) is 0 Å². The Kier molecular flexibility index (Phi) is 4.04. The first-order valence-corrected chi connectivity index (χ1v) is 11.6. The van der Waals surface area contributed by atoms with Crippen molar-refractivity contribution in [2.24, 2.45) is 0 Å². The summed E-state index contributed by atoms with van der Waals surface area (Å²) in [6.45, 7) is 2.13. The minimum atomic E-state index is 0.771. The zero-order valence-electron chi connectivity index (χ0n) is 18.9. The standard InChI is InChI=1S/C31H21BN2/c1-20-10-14-22(15-11-20)33-26-8-4-2-6-24(26)30-28(33)18-19-29-31(30)25-7-3-5-9-27(25)34(29)23-16-12-21(32)13-17-23/h2-19H,1H3. The third kappa shape index (κ3) is 2.64. The van der Waals surface area contributed by atoms with E-state index < -0.39 is 0 Å². The van der Waals surface area contributed by atoms with Crippen molar-refractivity contribution in [1.29, 1.82) is 0 Å². The van der Waals surface area contributed by atoms with Crippen molar-refractivity contribution in [3.63, 3.8) is 0 Å². The van der Waals surface area contributed by atoms with Crippen molar-refractivity contribution in [3.05, 3.63) is 115 Å². The van der Waals surface area contributed by atoms with E-state index in [1.165, 1.54) is 54.9 Å². The average molecular weight is 432 g/mol. The van der Waals surface area contributed by atoms with Crippen LogP contribution in [-0.4, -0.2) is 17.0 Å². The lowest BCUT2D eigenvalue weighted by molar-refractivity contribution is 1.17. The van der Waals surface area contributed by atoms with Gasteiger partial charge >= 0.3 is 0 Å². The number of para-hydroxylation sites is 2. The Labute approximate surface area is 199 Å². The van der Waals surface area contributed by atoms with Crippen LogP contribution in [0.1, 0.15) is 5.56 Å². The third-order valence-electron chi connectivity index (χ3n) is 6.92. The van der Waals surface area contributed by atoms with E-state index >= 15 is 0 Å². The molecule has 7 aromatic rings. The summed E-state index contributed by atoms with van der Waals surface area (Å²) in [4.78, 5) is 0. The van der Waals surface area contributed by atoms with Gasteiger partial charge < -0.3 is 9.13 Å². The van der Waals surface area contributed by atoms with E-state index in [0.29, 0.717) is 0 Å². The summed E-state index contributed by atoms with van der Waals surface area (Å²) in [5.41, 5.74) is 9.16. The Balaban J connectivity index is 1.69. The molecule has 2 nitrogen and oxygen atoms in total. The van der Waals surface area contributed by atoms with Gasteiger partial charge in [0, 0.05) is 32.9 Å². The number of benzene rings is 5. The van der Waals surface area contributed by atoms with Gasteiger partial charge in [-0.25, -0.2) is 0 Å². The molecule has 0 N–H and O–H groups in total. The van der Waals surface area contributed by atoms with Gasteiger partial charge in [-0.15, -0.1) is 0 Å². The molecule has 0 unspecified atom stereocenters. The summed E-state index contributed by atoms with van der Waals surface area (Å²) in [5, 5.41) is 5.10. The number of fused-ring (bicyclic) bond motifs is 7. The molecule has 0 atom stereocenters. The van der Waals surface area contributed by atoms with Crippen molar-refractivity contribution >= 4 is 56.9 Å². The molecule has 0 aliphatic heterocycles. The lowest BCUT2D eigenvalue weighted by Crippen LogP contribution is -2.02. The lowest BCUT2D eigenvalue weighted by Gasteiger charge is -2.10. The highest BCUT2D eigenvalue weighted by molar-refractivity contribution is 6.32. The molecule has 0 aliphatic rings. The summed E-state index contributed by atoms with van der Waals surface area (Å²) < 4.78 is 4.74. The van der Waals surface area contributed by atoms with Crippen molar-refractivity contribution in [2.75, 3.05) is 0 Å². The highest BCUT2D eigenvalue weighted by atomic mass is 15.0. The van der Waals surface area contributed by atoms with E-state index in [1.54, 1.807) is 0 Å². The van der Waals surface area contributed by atoms with Crippen LogP contribution < -0.4 is 5.46 Å². The molecule has 3 heteroatoms. The molecule has 158 valence electrons. The van der Waals surface area contributed by atoms with Crippen LogP contribution in [0.4, 0.5) is 0 Å². The second-order valence-corrected chi connectivity index (χ2v) is 8.99. The molecule has 0 saturated heterocycles. The monoisotopic (exact) mass is 432 g/mol. The average Bonchev–Trinajstić information content (AvgIpc) is 3.38. The maximum Gasteiger partial charge on any atom is 0.113 e. The van der Waals surface area contributed by atoms with Crippen LogP contribution in [0.3, 0.4) is 0 Å². The van der Waals surface area contributed by atoms with Gasteiger partial charge in [-0.2, -0.15) is 0 Å². The van der Waals surface area contributed by atoms with Gasteiger partial charge in [-0.05, 0) is 55.5 Å². The fourth-order valence-electron chi connectivity index (χ4n) is 5.39. The van der Waals surface area contributed by atoms with Gasteiger partial charge in [0.1, 0.15) is 7.85 Å². The quantitative estimate of drug-likeness (QED) is 0.261. The molecule has 2 heterocycles. The molecule has 0 amide bonds. The molecule has 34 heavy (non-hydrogen) atoms. The highest BCUT2D eigenvalue weighted by Gasteiger charge is 2.19. The fourth-order valence-corrected chi connectivity index (χ4v) is 5.39. The van der Waals surface area contributed by atoms with Crippen molar-refractivity contribution in [2.45, 2.75) is 6.92 Å². The molecule has 0 bridgehead atoms. The first-order valence-electron chi connectivity index (χ1n) is 11.6. The van der Waals surface area contributed by atoms with Gasteiger partial charge in [-0.1, -0.05) is 71.7 Å². The molecule has 0 aliphatic carbocycles. The Bertz CT molecular complexity index is 1710. The predicted octanol–water partition coefficient (Wildman–Crippen LogP) is 6.98. The van der Waals surface area contributed by atoms with Crippen LogP contribution in [0, 0.1) is 6.92 Å². The van der Waals surface area contributed by atoms with E-state index in [1.807, 2.05) is 12.1 Å². The molecule has 7 rings (SSSR count). The largest absolute Gasteiger partial charge is 0.309 e. The number of hydrogen-bond donors (Lipinski definition) is 0. The van der Waals surface area contributed by atoms with E-state index in [0.717, 1.165) is 11.2 Å². The predicted molar refractivity (Wildman–Crippen MR) is 145 cm³/mol. The zero-order chi connectivity index (χ0) is 22.8. The number of aryl methyl sites for hydroxylation is 1. The van der Waals surface area contributed by atoms with Gasteiger partial charge in [-0.3, -0.25) is 0 Å². The summed E-state index contributed by atoms with van der Waals surface area (Å²) in [6.07, 6.45) is 0. The molecule has 0 fully saturated rings. The second kappa shape index (κ2) is 7.13. The second-order valence-electron chi connectivity index (χ2n) is 8.99. The number of rotatable bonds is 2. The molecular weight excluding hydrogens is 411 g/mol. The molecule has 0 spiro atoms. The minimum Gasteiger partial charge on any atom is -0.309 e. The van der Waals surface area contributed by atoms with E-state index in [4.69, 9.17) is 7.85 Å². The maximum atomic E-state index is 6.00. The van der Waals surface area contributed by atoms with Gasteiger partial charge in [0.05, 0.1) is 22.1 Å². The Morgan fingerprint density at radius 3 is 1.41 bits per heavy atom. The van der Waals surface area contributed by atoms with Crippen LogP contribution in [0.25, 0.3) is 55.0 Å². The summed E-state index contributed by atoms with van der Waals surface area (Å²) in [5.74, 6) is 0. The highest BCUT2D eigenvalue weighted by Crippen LogP contribution is 2.42. The first kappa shape index (κ1) is 19.3. The summed E-state index contributed by atoms with van der Waals surface area (Å²) in [6, 6.07) is 38.9. The van der Waals surface area contributed by atoms with Crippen molar-refractivity contribution < 1.29 is 0 Å². The fraction of sp³-hybridized carbons (Fsp3) is 0.0323. The van der Waals surface area contributed by atoms with Crippen molar-refractivity contribution in [3.8, 4) is 11.4 Å². The summed E-state index contributed by atoms with van der Waals surface area (Å²) in [7, 11) is 6.00. The Morgan fingerprint density at radius 1 is 0.471 bits per heavy atom. The number of nitrogens with zero attached hydrogens (tertiary/aromatic N) is 2. The molecular formula is C31H21BN2. The number of aromatic nitrogens is 2. The smallest absolute Gasteiger partial charge is 0.113 e. The van der Waals surface area contributed by atoms with Gasteiger partial charge in [0.15, 0.2) is 0 Å². The lowest BCUT2D eigenvalue weighted by atomic mass is 9.96. The normalized spacial score (nSPS) is 11.8. The van der Waals surface area contributed by atoms with Gasteiger partial charge in [0.25, 0.3) is 0 Å². The Hall–Kier alpha value is -4.24. The van der Waals surface area contributed by atoms with Crippen LogP contribution in [0.15, 0.2) is 109 Å². The third-order valence-corrected chi connectivity index (χ3v) is 6.92. The number of hydrogen-bond acceptors (Lipinski definition) is 0. The van der Waals surface area contributed by atoms with Crippen molar-refractivity contribution in [1.82, 2.24) is 9.13 Å². The van der Waals surface area contributed by atoms with Gasteiger partial charge in [0.2, 0.25) is 0 Å².